The van der Waals surface area contributed by atoms with Crippen molar-refractivity contribution < 1.29 is 23.8 Å². The highest BCUT2D eigenvalue weighted by Gasteiger charge is 2.67. The molecule has 2 aromatic rings. The zero-order valence-corrected chi connectivity index (χ0v) is 16.0. The summed E-state index contributed by atoms with van der Waals surface area (Å²) in [7, 11) is 0. The van der Waals surface area contributed by atoms with Crippen LogP contribution in [0, 0.1) is 11.8 Å². The lowest BCUT2D eigenvalue weighted by molar-refractivity contribution is -0.132. The van der Waals surface area contributed by atoms with E-state index in [1.54, 1.807) is 29.4 Å². The third-order valence-corrected chi connectivity index (χ3v) is 6.26. The zero-order valence-electron chi connectivity index (χ0n) is 16.0. The molecule has 30 heavy (non-hydrogen) atoms. The monoisotopic (exact) mass is 405 g/mol. The molecule has 0 unspecified atom stereocenters. The number of rotatable bonds is 4. The van der Waals surface area contributed by atoms with Gasteiger partial charge in [0.05, 0.1) is 24.5 Å². The van der Waals surface area contributed by atoms with Crippen LogP contribution in [-0.4, -0.2) is 41.8 Å². The molecule has 2 amide bonds. The first kappa shape index (κ1) is 17.5. The lowest BCUT2D eigenvalue weighted by Gasteiger charge is -2.23. The molecule has 2 saturated heterocycles. The molecule has 8 heteroatoms. The second kappa shape index (κ2) is 6.30. The predicted molar refractivity (Wildman–Crippen MR) is 105 cm³/mol. The maximum Gasteiger partial charge on any atom is 0.234 e. The van der Waals surface area contributed by atoms with Crippen molar-refractivity contribution >= 4 is 17.5 Å². The molecule has 2 fully saturated rings. The fraction of sp³-hybridized carbons (Fsp3) is 0.318. The molecule has 5 heterocycles. The molecule has 2 bridgehead atoms. The molecular weight excluding hydrogens is 386 g/mol. The lowest BCUT2D eigenvalue weighted by atomic mass is 9.77. The average molecular weight is 405 g/mol. The Balaban J connectivity index is 1.25. The number of ether oxygens (including phenoxy) is 3. The number of aromatic nitrogens is 1. The minimum absolute atomic E-state index is 0.109. The topological polar surface area (TPSA) is 90.0 Å². The second-order valence-corrected chi connectivity index (χ2v) is 7.94. The largest absolute Gasteiger partial charge is 0.454 e. The van der Waals surface area contributed by atoms with E-state index >= 15 is 0 Å². The van der Waals surface area contributed by atoms with Crippen molar-refractivity contribution in [2.24, 2.45) is 11.8 Å². The summed E-state index contributed by atoms with van der Waals surface area (Å²) in [6.07, 6.45) is 6.86. The number of nitrogens with zero attached hydrogens (tertiary/aromatic N) is 2. The van der Waals surface area contributed by atoms with Crippen LogP contribution in [-0.2, 0) is 20.9 Å². The molecule has 8 nitrogen and oxygen atoms in total. The van der Waals surface area contributed by atoms with E-state index in [0.29, 0.717) is 30.3 Å². The smallest absolute Gasteiger partial charge is 0.234 e. The number of benzene rings is 1. The van der Waals surface area contributed by atoms with Gasteiger partial charge in [-0.1, -0.05) is 18.2 Å². The van der Waals surface area contributed by atoms with E-state index in [9.17, 15) is 9.59 Å². The summed E-state index contributed by atoms with van der Waals surface area (Å²) in [5.41, 5.74) is 0.844. The van der Waals surface area contributed by atoms with Crippen LogP contribution in [0.1, 0.15) is 5.56 Å². The summed E-state index contributed by atoms with van der Waals surface area (Å²) in [6.45, 7) is 0.904. The van der Waals surface area contributed by atoms with Crippen LogP contribution in [0.15, 0.2) is 54.9 Å². The molecule has 4 aliphatic rings. The van der Waals surface area contributed by atoms with Gasteiger partial charge in [-0.15, -0.1) is 0 Å². The fourth-order valence-corrected chi connectivity index (χ4v) is 4.88. The molecule has 0 saturated carbocycles. The average Bonchev–Trinajstić information content (AvgIpc) is 3.53. The van der Waals surface area contributed by atoms with Crippen molar-refractivity contribution in [2.45, 2.75) is 18.2 Å². The minimum Gasteiger partial charge on any atom is -0.454 e. The number of amides is 2. The first-order chi connectivity index (χ1) is 14.6. The third kappa shape index (κ3) is 2.46. The van der Waals surface area contributed by atoms with Crippen molar-refractivity contribution in [1.29, 1.82) is 0 Å². The Morgan fingerprint density at radius 2 is 2.17 bits per heavy atom. The number of hydrogen-bond acceptors (Lipinski definition) is 6. The summed E-state index contributed by atoms with van der Waals surface area (Å²) in [6, 6.07) is 9.14. The molecular formula is C22H19N3O5. The van der Waals surface area contributed by atoms with E-state index in [1.165, 1.54) is 0 Å². The number of carbonyl (C=O) groups is 2. The first-order valence-corrected chi connectivity index (χ1v) is 9.89. The molecule has 0 aliphatic carbocycles. The SMILES string of the molecule is O=C(NCc1cccnc1)[C@@H]1[C@H]2C=C[C@]3(CN(c4ccc5c(c4)OCO5)C(=O)[C@@H]13)O2. The van der Waals surface area contributed by atoms with Crippen LogP contribution in [0.5, 0.6) is 11.5 Å². The fourth-order valence-electron chi connectivity index (χ4n) is 4.88. The quantitative estimate of drug-likeness (QED) is 0.774. The van der Waals surface area contributed by atoms with E-state index in [2.05, 4.69) is 10.3 Å². The number of carbonyl (C=O) groups excluding carboxylic acids is 2. The van der Waals surface area contributed by atoms with Gasteiger partial charge in [-0.2, -0.15) is 0 Å². The Kier molecular flexibility index (Phi) is 3.67. The third-order valence-electron chi connectivity index (χ3n) is 6.26. The van der Waals surface area contributed by atoms with Crippen LogP contribution in [0.4, 0.5) is 5.69 Å². The highest BCUT2D eigenvalue weighted by molar-refractivity contribution is 6.03. The van der Waals surface area contributed by atoms with E-state index in [0.717, 1.165) is 5.56 Å². The normalized spacial score (nSPS) is 30.1. The van der Waals surface area contributed by atoms with Crippen molar-refractivity contribution in [3.05, 3.63) is 60.4 Å². The van der Waals surface area contributed by atoms with Gasteiger partial charge in [-0.3, -0.25) is 14.6 Å². The number of hydrogen-bond donors (Lipinski definition) is 1. The van der Waals surface area contributed by atoms with Gasteiger partial charge in [0.1, 0.15) is 5.60 Å². The van der Waals surface area contributed by atoms with Crippen LogP contribution < -0.4 is 19.7 Å². The van der Waals surface area contributed by atoms with Crippen LogP contribution in [0.25, 0.3) is 0 Å². The summed E-state index contributed by atoms with van der Waals surface area (Å²) in [5.74, 6) is -0.122. The molecule has 1 spiro atoms. The Labute approximate surface area is 172 Å². The first-order valence-electron chi connectivity index (χ1n) is 9.89. The maximum atomic E-state index is 13.4. The van der Waals surface area contributed by atoms with Crippen molar-refractivity contribution in [2.75, 3.05) is 18.2 Å². The van der Waals surface area contributed by atoms with Gasteiger partial charge in [0.2, 0.25) is 18.6 Å². The summed E-state index contributed by atoms with van der Waals surface area (Å²) in [4.78, 5) is 32.2. The van der Waals surface area contributed by atoms with Gasteiger partial charge in [-0.25, -0.2) is 0 Å². The van der Waals surface area contributed by atoms with Gasteiger partial charge in [0.25, 0.3) is 0 Å². The van der Waals surface area contributed by atoms with Crippen molar-refractivity contribution in [3.63, 3.8) is 0 Å². The number of fused-ring (bicyclic) bond motifs is 2. The summed E-state index contributed by atoms with van der Waals surface area (Å²) < 4.78 is 17.0. The van der Waals surface area contributed by atoms with E-state index in [-0.39, 0.29) is 24.7 Å². The Morgan fingerprint density at radius 3 is 3.03 bits per heavy atom. The van der Waals surface area contributed by atoms with Crippen LogP contribution in [0.3, 0.4) is 0 Å². The van der Waals surface area contributed by atoms with Crippen molar-refractivity contribution in [1.82, 2.24) is 10.3 Å². The van der Waals surface area contributed by atoms with E-state index in [1.807, 2.05) is 30.4 Å². The number of pyridine rings is 1. The summed E-state index contributed by atoms with van der Waals surface area (Å²) >= 11 is 0. The number of nitrogens with one attached hydrogen (secondary N) is 1. The standard InChI is InChI=1S/C22H19N3O5/c26-20(24-10-13-2-1-7-23-9-13)18-16-5-6-22(30-16)11-25(21(27)19(18)22)14-3-4-15-17(8-14)29-12-28-15/h1-9,16,18-19H,10-12H2,(H,24,26)/t16-,18-,19-,22-/m1/s1. The second-order valence-electron chi connectivity index (χ2n) is 7.94. The van der Waals surface area contributed by atoms with E-state index < -0.39 is 17.4 Å². The van der Waals surface area contributed by atoms with Gasteiger partial charge >= 0.3 is 0 Å². The summed E-state index contributed by atoms with van der Waals surface area (Å²) in [5, 5.41) is 2.94. The molecule has 4 aliphatic heterocycles. The molecule has 152 valence electrons. The zero-order chi connectivity index (χ0) is 20.3. The Morgan fingerprint density at radius 1 is 1.27 bits per heavy atom. The molecule has 1 N–H and O–H groups in total. The van der Waals surface area contributed by atoms with Gasteiger partial charge < -0.3 is 24.4 Å². The Bertz CT molecular complexity index is 1070. The van der Waals surface area contributed by atoms with Crippen molar-refractivity contribution in [3.8, 4) is 11.5 Å². The lowest BCUT2D eigenvalue weighted by Crippen LogP contribution is -2.44. The van der Waals surface area contributed by atoms with Crippen LogP contribution in [0.2, 0.25) is 0 Å². The highest BCUT2D eigenvalue weighted by Crippen LogP contribution is 2.53. The predicted octanol–water partition coefficient (Wildman–Crippen LogP) is 1.41. The number of anilines is 1. The van der Waals surface area contributed by atoms with Gasteiger partial charge in [-0.05, 0) is 23.8 Å². The van der Waals surface area contributed by atoms with Gasteiger partial charge in [0, 0.05) is 30.7 Å². The molecule has 6 rings (SSSR count). The molecule has 1 aromatic heterocycles. The van der Waals surface area contributed by atoms with Crippen LogP contribution >= 0.6 is 0 Å². The Hall–Kier alpha value is -3.39. The maximum absolute atomic E-state index is 13.4. The van der Waals surface area contributed by atoms with E-state index in [4.69, 9.17) is 14.2 Å². The highest BCUT2D eigenvalue weighted by atomic mass is 16.7. The molecule has 4 atom stereocenters. The minimum atomic E-state index is -0.769. The van der Waals surface area contributed by atoms with Gasteiger partial charge in [0.15, 0.2) is 11.5 Å². The molecule has 0 radical (unpaired) electrons. The molecule has 1 aromatic carbocycles.